The SMILES string of the molecule is C=CC(=O)Nc1ccc(C(=O)NCc2ccc(Cl)cc2Cl)cc1. The molecule has 0 atom stereocenters. The average Bonchev–Trinajstić information content (AvgIpc) is 2.54. The lowest BCUT2D eigenvalue weighted by Crippen LogP contribution is -2.22. The van der Waals surface area contributed by atoms with E-state index in [1.165, 1.54) is 6.08 Å². The van der Waals surface area contributed by atoms with Crippen molar-refractivity contribution in [1.82, 2.24) is 5.32 Å². The zero-order valence-corrected chi connectivity index (χ0v) is 13.6. The quantitative estimate of drug-likeness (QED) is 0.800. The molecule has 4 nitrogen and oxygen atoms in total. The Kier molecular flexibility index (Phi) is 5.79. The zero-order chi connectivity index (χ0) is 16.8. The molecule has 0 aliphatic heterocycles. The molecule has 0 aromatic heterocycles. The molecular weight excluding hydrogens is 335 g/mol. The van der Waals surface area contributed by atoms with Gasteiger partial charge in [-0.15, -0.1) is 0 Å². The topological polar surface area (TPSA) is 58.2 Å². The Labute approximate surface area is 144 Å². The van der Waals surface area contributed by atoms with Crippen molar-refractivity contribution in [1.29, 1.82) is 0 Å². The van der Waals surface area contributed by atoms with Gasteiger partial charge in [-0.3, -0.25) is 9.59 Å². The number of carbonyl (C=O) groups excluding carboxylic acids is 2. The number of halogens is 2. The Bertz CT molecular complexity index is 743. The largest absolute Gasteiger partial charge is 0.348 e. The maximum atomic E-state index is 12.1. The van der Waals surface area contributed by atoms with Crippen LogP contribution in [-0.4, -0.2) is 11.8 Å². The summed E-state index contributed by atoms with van der Waals surface area (Å²) in [5, 5.41) is 6.43. The van der Waals surface area contributed by atoms with E-state index in [0.717, 1.165) is 5.56 Å². The second kappa shape index (κ2) is 7.81. The molecule has 0 heterocycles. The van der Waals surface area contributed by atoms with Gasteiger partial charge in [0.2, 0.25) is 5.91 Å². The van der Waals surface area contributed by atoms with E-state index in [0.29, 0.717) is 27.8 Å². The highest BCUT2D eigenvalue weighted by atomic mass is 35.5. The standard InChI is InChI=1S/C17H14Cl2N2O2/c1-2-16(22)21-14-7-4-11(5-8-14)17(23)20-10-12-3-6-13(18)9-15(12)19/h2-9H,1,10H2,(H,20,23)(H,21,22). The van der Waals surface area contributed by atoms with Crippen molar-refractivity contribution in [3.8, 4) is 0 Å². The predicted molar refractivity (Wildman–Crippen MR) is 92.9 cm³/mol. The number of hydrogen-bond acceptors (Lipinski definition) is 2. The third kappa shape index (κ3) is 4.84. The van der Waals surface area contributed by atoms with Crippen LogP contribution in [0.2, 0.25) is 10.0 Å². The molecule has 0 saturated carbocycles. The second-order valence-corrected chi connectivity index (χ2v) is 5.53. The smallest absolute Gasteiger partial charge is 0.251 e. The van der Waals surface area contributed by atoms with E-state index in [4.69, 9.17) is 23.2 Å². The van der Waals surface area contributed by atoms with E-state index >= 15 is 0 Å². The normalized spacial score (nSPS) is 10.0. The van der Waals surface area contributed by atoms with Gasteiger partial charge < -0.3 is 10.6 Å². The van der Waals surface area contributed by atoms with Crippen LogP contribution in [0.5, 0.6) is 0 Å². The van der Waals surface area contributed by atoms with Crippen molar-refractivity contribution >= 4 is 40.7 Å². The number of benzene rings is 2. The minimum Gasteiger partial charge on any atom is -0.348 e. The highest BCUT2D eigenvalue weighted by Gasteiger charge is 2.07. The fourth-order valence-corrected chi connectivity index (χ4v) is 2.32. The highest BCUT2D eigenvalue weighted by molar-refractivity contribution is 6.35. The molecule has 2 rings (SSSR count). The van der Waals surface area contributed by atoms with E-state index in [2.05, 4.69) is 17.2 Å². The average molecular weight is 349 g/mol. The van der Waals surface area contributed by atoms with Crippen LogP contribution >= 0.6 is 23.2 Å². The van der Waals surface area contributed by atoms with Gasteiger partial charge >= 0.3 is 0 Å². The summed E-state index contributed by atoms with van der Waals surface area (Å²) in [4.78, 5) is 23.3. The molecule has 2 aromatic carbocycles. The molecule has 0 aliphatic carbocycles. The lowest BCUT2D eigenvalue weighted by molar-refractivity contribution is -0.111. The van der Waals surface area contributed by atoms with Crippen molar-refractivity contribution in [3.63, 3.8) is 0 Å². The Morgan fingerprint density at radius 2 is 1.78 bits per heavy atom. The minimum absolute atomic E-state index is 0.238. The number of carbonyl (C=O) groups is 2. The van der Waals surface area contributed by atoms with Crippen LogP contribution in [0.15, 0.2) is 55.1 Å². The summed E-state index contributed by atoms with van der Waals surface area (Å²) in [7, 11) is 0. The number of anilines is 1. The number of hydrogen-bond donors (Lipinski definition) is 2. The molecule has 0 aliphatic rings. The summed E-state index contributed by atoms with van der Waals surface area (Å²) in [5.41, 5.74) is 1.85. The maximum absolute atomic E-state index is 12.1. The molecule has 0 fully saturated rings. The van der Waals surface area contributed by atoms with Crippen LogP contribution in [0.1, 0.15) is 15.9 Å². The van der Waals surface area contributed by atoms with Crippen molar-refractivity contribution in [2.45, 2.75) is 6.54 Å². The molecule has 2 amide bonds. The summed E-state index contributed by atoms with van der Waals surface area (Å²) >= 11 is 11.9. The summed E-state index contributed by atoms with van der Waals surface area (Å²) in [6.07, 6.45) is 1.18. The van der Waals surface area contributed by atoms with Gasteiger partial charge in [0, 0.05) is 27.8 Å². The molecular formula is C17H14Cl2N2O2. The van der Waals surface area contributed by atoms with Crippen molar-refractivity contribution < 1.29 is 9.59 Å². The molecule has 23 heavy (non-hydrogen) atoms. The van der Waals surface area contributed by atoms with Gasteiger partial charge in [0.1, 0.15) is 0 Å². The number of rotatable bonds is 5. The predicted octanol–water partition coefficient (Wildman–Crippen LogP) is 4.05. The van der Waals surface area contributed by atoms with Crippen LogP contribution in [0.25, 0.3) is 0 Å². The fraction of sp³-hybridized carbons (Fsp3) is 0.0588. The highest BCUT2D eigenvalue weighted by Crippen LogP contribution is 2.20. The molecule has 0 unspecified atom stereocenters. The van der Waals surface area contributed by atoms with Crippen LogP contribution in [-0.2, 0) is 11.3 Å². The minimum atomic E-state index is -0.306. The molecule has 2 aromatic rings. The fourth-order valence-electron chi connectivity index (χ4n) is 1.84. The van der Waals surface area contributed by atoms with Crippen molar-refractivity contribution in [2.24, 2.45) is 0 Å². The van der Waals surface area contributed by atoms with Crippen LogP contribution in [0.4, 0.5) is 5.69 Å². The second-order valence-electron chi connectivity index (χ2n) is 4.69. The van der Waals surface area contributed by atoms with Crippen LogP contribution in [0.3, 0.4) is 0 Å². The van der Waals surface area contributed by atoms with Gasteiger partial charge in [-0.25, -0.2) is 0 Å². The van der Waals surface area contributed by atoms with Gasteiger partial charge in [-0.2, -0.15) is 0 Å². The van der Waals surface area contributed by atoms with Crippen molar-refractivity contribution in [2.75, 3.05) is 5.32 Å². The first-order chi connectivity index (χ1) is 11.0. The molecule has 0 bridgehead atoms. The van der Waals surface area contributed by atoms with E-state index < -0.39 is 0 Å². The first-order valence-electron chi connectivity index (χ1n) is 6.75. The Hall–Kier alpha value is -2.30. The molecule has 0 spiro atoms. The Morgan fingerprint density at radius 1 is 1.09 bits per heavy atom. The maximum Gasteiger partial charge on any atom is 0.251 e. The van der Waals surface area contributed by atoms with Crippen molar-refractivity contribution in [3.05, 3.63) is 76.3 Å². The summed E-state index contributed by atoms with van der Waals surface area (Å²) in [6.45, 7) is 3.67. The monoisotopic (exact) mass is 348 g/mol. The lowest BCUT2D eigenvalue weighted by Gasteiger charge is -2.08. The molecule has 0 radical (unpaired) electrons. The van der Waals surface area contributed by atoms with E-state index in [1.54, 1.807) is 42.5 Å². The number of amides is 2. The van der Waals surface area contributed by atoms with Crippen LogP contribution in [0, 0.1) is 0 Å². The lowest BCUT2D eigenvalue weighted by atomic mass is 10.1. The van der Waals surface area contributed by atoms with Gasteiger partial charge in [0.15, 0.2) is 0 Å². The molecule has 0 saturated heterocycles. The van der Waals surface area contributed by atoms with E-state index in [1.807, 2.05) is 0 Å². The Morgan fingerprint density at radius 3 is 2.39 bits per heavy atom. The molecule has 6 heteroatoms. The van der Waals surface area contributed by atoms with E-state index in [9.17, 15) is 9.59 Å². The van der Waals surface area contributed by atoms with E-state index in [-0.39, 0.29) is 11.8 Å². The number of nitrogens with one attached hydrogen (secondary N) is 2. The zero-order valence-electron chi connectivity index (χ0n) is 12.1. The van der Waals surface area contributed by atoms with Gasteiger partial charge in [0.25, 0.3) is 5.91 Å². The first-order valence-corrected chi connectivity index (χ1v) is 7.51. The van der Waals surface area contributed by atoms with Crippen LogP contribution < -0.4 is 10.6 Å². The third-order valence-electron chi connectivity index (χ3n) is 3.05. The van der Waals surface area contributed by atoms with Gasteiger partial charge in [-0.05, 0) is 48.0 Å². The summed E-state index contributed by atoms with van der Waals surface area (Å²) < 4.78 is 0. The first kappa shape index (κ1) is 17.1. The van der Waals surface area contributed by atoms with Gasteiger partial charge in [-0.1, -0.05) is 35.8 Å². The third-order valence-corrected chi connectivity index (χ3v) is 3.64. The van der Waals surface area contributed by atoms with Gasteiger partial charge in [0.05, 0.1) is 0 Å². The Balaban J connectivity index is 1.97. The summed E-state index contributed by atoms with van der Waals surface area (Å²) in [5.74, 6) is -0.544. The molecule has 118 valence electrons. The molecule has 2 N–H and O–H groups in total. The summed E-state index contributed by atoms with van der Waals surface area (Å²) in [6, 6.07) is 11.6.